The van der Waals surface area contributed by atoms with Gasteiger partial charge in [0.25, 0.3) is 17.7 Å². The number of hydrogen-bond donors (Lipinski definition) is 1. The molecule has 9 heteroatoms. The Balaban J connectivity index is 1.64. The summed E-state index contributed by atoms with van der Waals surface area (Å²) < 4.78 is 2.25. The maximum Gasteiger partial charge on any atom is 0.267 e. The van der Waals surface area contributed by atoms with Gasteiger partial charge in [-0.1, -0.05) is 32.0 Å². The zero-order valence-electron chi connectivity index (χ0n) is 18.1. The van der Waals surface area contributed by atoms with Crippen molar-refractivity contribution in [1.29, 1.82) is 0 Å². The van der Waals surface area contributed by atoms with Crippen molar-refractivity contribution in [3.8, 4) is 0 Å². The average molecular weight is 714 g/mol. The van der Waals surface area contributed by atoms with Crippen LogP contribution in [-0.4, -0.2) is 17.7 Å². The molecule has 0 radical (unpaired) electrons. The highest BCUT2D eigenvalue weighted by molar-refractivity contribution is 9.15. The van der Waals surface area contributed by atoms with Crippen LogP contribution in [0.5, 0.6) is 0 Å². The van der Waals surface area contributed by atoms with E-state index in [0.717, 1.165) is 34.6 Å². The smallest absolute Gasteiger partial charge is 0.267 e. The van der Waals surface area contributed by atoms with Crippen LogP contribution in [0.15, 0.2) is 60.4 Å². The van der Waals surface area contributed by atoms with Crippen LogP contribution in [-0.2, 0) is 12.8 Å². The SMILES string of the molecule is CCc1cccc(CC)c1NC(=O)c1ccc(N2C(=O)c3c(Br)c(Br)c(Br)c(Br)c3C2=O)cc1. The van der Waals surface area contributed by atoms with E-state index >= 15 is 0 Å². The van der Waals surface area contributed by atoms with E-state index in [9.17, 15) is 14.4 Å². The van der Waals surface area contributed by atoms with Gasteiger partial charge in [0.2, 0.25) is 0 Å². The summed E-state index contributed by atoms with van der Waals surface area (Å²) >= 11 is 13.7. The minimum Gasteiger partial charge on any atom is -0.321 e. The fraction of sp³-hybridized carbons (Fsp3) is 0.160. The number of benzene rings is 3. The number of para-hydroxylation sites is 1. The van der Waals surface area contributed by atoms with Gasteiger partial charge in [-0.2, -0.15) is 0 Å². The van der Waals surface area contributed by atoms with Gasteiger partial charge in [-0.3, -0.25) is 14.4 Å². The molecule has 0 saturated carbocycles. The number of nitrogens with one attached hydrogen (secondary N) is 1. The molecule has 1 N–H and O–H groups in total. The number of amides is 3. The summed E-state index contributed by atoms with van der Waals surface area (Å²) in [5.41, 5.74) is 4.35. The summed E-state index contributed by atoms with van der Waals surface area (Å²) in [5, 5.41) is 3.04. The Morgan fingerprint density at radius 3 is 1.68 bits per heavy atom. The molecular weight excluding hydrogens is 696 g/mol. The van der Waals surface area contributed by atoms with Gasteiger partial charge in [-0.05, 0) is 112 Å². The van der Waals surface area contributed by atoms with Gasteiger partial charge >= 0.3 is 0 Å². The van der Waals surface area contributed by atoms with Crippen LogP contribution in [0.2, 0.25) is 0 Å². The number of imide groups is 1. The number of fused-ring (bicyclic) bond motifs is 1. The van der Waals surface area contributed by atoms with Gasteiger partial charge in [0, 0.05) is 29.1 Å². The third kappa shape index (κ3) is 4.21. The van der Waals surface area contributed by atoms with Crippen LogP contribution in [0.1, 0.15) is 56.0 Å². The van der Waals surface area contributed by atoms with Crippen LogP contribution in [0, 0.1) is 0 Å². The Kier molecular flexibility index (Phi) is 7.47. The van der Waals surface area contributed by atoms with Gasteiger partial charge in [0.05, 0.1) is 16.8 Å². The van der Waals surface area contributed by atoms with E-state index in [4.69, 9.17) is 0 Å². The van der Waals surface area contributed by atoms with Crippen molar-refractivity contribution < 1.29 is 14.4 Å². The summed E-state index contributed by atoms with van der Waals surface area (Å²) in [6, 6.07) is 12.5. The fourth-order valence-electron chi connectivity index (χ4n) is 3.93. The highest BCUT2D eigenvalue weighted by Crippen LogP contribution is 2.46. The van der Waals surface area contributed by atoms with Gasteiger partial charge < -0.3 is 5.32 Å². The van der Waals surface area contributed by atoms with E-state index in [1.165, 1.54) is 0 Å². The number of anilines is 2. The Morgan fingerprint density at radius 2 is 1.24 bits per heavy atom. The first kappa shape index (κ1) is 25.3. The monoisotopic (exact) mass is 710 g/mol. The maximum atomic E-state index is 13.2. The molecule has 3 aromatic carbocycles. The van der Waals surface area contributed by atoms with Crippen molar-refractivity contribution in [2.45, 2.75) is 26.7 Å². The Labute approximate surface area is 230 Å². The van der Waals surface area contributed by atoms with Gasteiger partial charge in [-0.25, -0.2) is 4.90 Å². The second-order valence-electron chi connectivity index (χ2n) is 7.61. The van der Waals surface area contributed by atoms with Crippen LogP contribution >= 0.6 is 63.7 Å². The van der Waals surface area contributed by atoms with E-state index in [1.54, 1.807) is 24.3 Å². The molecule has 34 heavy (non-hydrogen) atoms. The highest BCUT2D eigenvalue weighted by Gasteiger charge is 2.41. The largest absolute Gasteiger partial charge is 0.321 e. The predicted octanol–water partition coefficient (Wildman–Crippen LogP) is 7.91. The first-order chi connectivity index (χ1) is 16.2. The van der Waals surface area contributed by atoms with Crippen molar-refractivity contribution in [1.82, 2.24) is 0 Å². The molecule has 0 atom stereocenters. The first-order valence-corrected chi connectivity index (χ1v) is 13.6. The zero-order valence-corrected chi connectivity index (χ0v) is 24.5. The lowest BCUT2D eigenvalue weighted by Gasteiger charge is -2.16. The fourth-order valence-corrected chi connectivity index (χ4v) is 6.39. The molecule has 4 rings (SSSR count). The molecule has 0 aliphatic carbocycles. The Bertz CT molecular complexity index is 1280. The lowest BCUT2D eigenvalue weighted by atomic mass is 10.0. The third-order valence-corrected chi connectivity index (χ3v) is 10.5. The molecule has 0 spiro atoms. The van der Waals surface area contributed by atoms with Crippen LogP contribution in [0.4, 0.5) is 11.4 Å². The highest BCUT2D eigenvalue weighted by atomic mass is 79.9. The summed E-state index contributed by atoms with van der Waals surface area (Å²) in [7, 11) is 0. The standard InChI is InChI=1S/C25H18Br4N2O3/c1-3-12-6-5-7-13(4-2)22(12)30-23(32)14-8-10-15(11-9-14)31-24(33)16-17(25(31)34)19(27)21(29)20(28)18(16)26/h5-11H,3-4H2,1-2H3,(H,30,32). The van der Waals surface area contributed by atoms with Gasteiger partial charge in [0.1, 0.15) is 0 Å². The van der Waals surface area contributed by atoms with E-state index in [1.807, 2.05) is 18.2 Å². The maximum absolute atomic E-state index is 13.2. The predicted molar refractivity (Wildman–Crippen MR) is 148 cm³/mol. The second-order valence-corrected chi connectivity index (χ2v) is 10.8. The number of halogens is 4. The van der Waals surface area contributed by atoms with Gasteiger partial charge in [-0.15, -0.1) is 0 Å². The molecule has 3 aromatic rings. The molecule has 3 amide bonds. The summed E-state index contributed by atoms with van der Waals surface area (Å²) in [6.07, 6.45) is 1.61. The molecule has 1 aliphatic rings. The minimum absolute atomic E-state index is 0.247. The van der Waals surface area contributed by atoms with Crippen molar-refractivity contribution in [3.63, 3.8) is 0 Å². The topological polar surface area (TPSA) is 66.5 Å². The number of nitrogens with zero attached hydrogens (tertiary/aromatic N) is 1. The molecule has 0 bridgehead atoms. The molecular formula is C25H18Br4N2O3. The molecule has 174 valence electrons. The molecule has 1 heterocycles. The van der Waals surface area contributed by atoms with Crippen LogP contribution < -0.4 is 10.2 Å². The zero-order chi connectivity index (χ0) is 24.7. The number of rotatable bonds is 5. The van der Waals surface area contributed by atoms with E-state index in [-0.39, 0.29) is 17.0 Å². The van der Waals surface area contributed by atoms with Gasteiger partial charge in [0.15, 0.2) is 0 Å². The number of carbonyl (C=O) groups is 3. The number of carbonyl (C=O) groups excluding carboxylic acids is 3. The lowest BCUT2D eigenvalue weighted by Crippen LogP contribution is -2.29. The van der Waals surface area contributed by atoms with E-state index < -0.39 is 11.8 Å². The number of aryl methyl sites for hydroxylation is 2. The van der Waals surface area contributed by atoms with E-state index in [2.05, 4.69) is 82.9 Å². The quantitative estimate of drug-likeness (QED) is 0.166. The molecule has 0 fully saturated rings. The van der Waals surface area contributed by atoms with Crippen molar-refractivity contribution in [3.05, 3.63) is 88.2 Å². The third-order valence-electron chi connectivity index (χ3n) is 5.73. The van der Waals surface area contributed by atoms with Crippen molar-refractivity contribution >= 4 is 92.8 Å². The normalized spacial score (nSPS) is 12.8. The molecule has 5 nitrogen and oxygen atoms in total. The molecule has 1 aliphatic heterocycles. The Morgan fingerprint density at radius 1 is 0.765 bits per heavy atom. The average Bonchev–Trinajstić information content (AvgIpc) is 3.11. The minimum atomic E-state index is -0.442. The van der Waals surface area contributed by atoms with Crippen LogP contribution in [0.3, 0.4) is 0 Å². The second kappa shape index (κ2) is 10.0. The summed E-state index contributed by atoms with van der Waals surface area (Å²) in [4.78, 5) is 40.5. The lowest BCUT2D eigenvalue weighted by molar-refractivity contribution is 0.0925. The summed E-state index contributed by atoms with van der Waals surface area (Å²) in [6.45, 7) is 4.10. The van der Waals surface area contributed by atoms with Crippen LogP contribution in [0.25, 0.3) is 0 Å². The molecule has 0 saturated heterocycles. The number of hydrogen-bond acceptors (Lipinski definition) is 3. The summed E-state index contributed by atoms with van der Waals surface area (Å²) in [5.74, 6) is -1.13. The Hall–Kier alpha value is -1.81. The first-order valence-electron chi connectivity index (χ1n) is 10.5. The van der Waals surface area contributed by atoms with Crippen molar-refractivity contribution in [2.24, 2.45) is 0 Å². The molecule has 0 unspecified atom stereocenters. The van der Waals surface area contributed by atoms with Crippen molar-refractivity contribution in [2.75, 3.05) is 10.2 Å². The molecule has 0 aromatic heterocycles. The van der Waals surface area contributed by atoms with E-state index in [0.29, 0.717) is 29.1 Å².